The molecule has 1 amide bonds. The van der Waals surface area contributed by atoms with Crippen molar-refractivity contribution in [2.24, 2.45) is 0 Å². The molecule has 146 valence electrons. The van der Waals surface area contributed by atoms with Crippen LogP contribution in [-0.4, -0.2) is 34.3 Å². The molecule has 1 unspecified atom stereocenters. The second-order valence-corrected chi connectivity index (χ2v) is 6.62. The molecule has 3 aromatic rings. The van der Waals surface area contributed by atoms with Crippen molar-refractivity contribution in [2.45, 2.75) is 19.9 Å². The fourth-order valence-electron chi connectivity index (χ4n) is 3.43. The first-order chi connectivity index (χ1) is 13.0. The van der Waals surface area contributed by atoms with Gasteiger partial charge in [-0.1, -0.05) is 0 Å². The number of amides is 1. The molecular formula is C20H20ClFN4O2. The van der Waals surface area contributed by atoms with E-state index in [4.69, 9.17) is 4.74 Å². The van der Waals surface area contributed by atoms with Crippen molar-refractivity contribution in [2.75, 3.05) is 18.6 Å². The summed E-state index contributed by atoms with van der Waals surface area (Å²) in [5.74, 6) is -0.562. The molecule has 0 fully saturated rings. The molecule has 0 aliphatic carbocycles. The van der Waals surface area contributed by atoms with Crippen LogP contribution in [0.3, 0.4) is 0 Å². The Kier molecular flexibility index (Phi) is 5.38. The van der Waals surface area contributed by atoms with Gasteiger partial charge in [-0.2, -0.15) is 5.10 Å². The minimum Gasteiger partial charge on any atom is -0.494 e. The van der Waals surface area contributed by atoms with E-state index < -0.39 is 5.82 Å². The third-order valence-electron chi connectivity index (χ3n) is 4.76. The first-order valence-electron chi connectivity index (χ1n) is 8.65. The highest BCUT2D eigenvalue weighted by atomic mass is 35.5. The maximum absolute atomic E-state index is 14.2. The van der Waals surface area contributed by atoms with Crippen LogP contribution >= 0.6 is 12.4 Å². The first-order valence-corrected chi connectivity index (χ1v) is 8.65. The van der Waals surface area contributed by atoms with Crippen molar-refractivity contribution in [3.63, 3.8) is 0 Å². The highest BCUT2D eigenvalue weighted by Gasteiger charge is 2.34. The zero-order valence-corrected chi connectivity index (χ0v) is 16.5. The van der Waals surface area contributed by atoms with E-state index in [9.17, 15) is 9.18 Å². The molecule has 1 aliphatic heterocycles. The normalized spacial score (nSPS) is 15.8. The minimum atomic E-state index is -0.500. The van der Waals surface area contributed by atoms with E-state index >= 15 is 0 Å². The second kappa shape index (κ2) is 7.59. The van der Waals surface area contributed by atoms with E-state index in [0.717, 1.165) is 16.8 Å². The minimum absolute atomic E-state index is 0. The van der Waals surface area contributed by atoms with Crippen molar-refractivity contribution < 1.29 is 13.9 Å². The molecule has 28 heavy (non-hydrogen) atoms. The van der Waals surface area contributed by atoms with Crippen LogP contribution in [-0.2, 0) is 0 Å². The molecule has 0 spiro atoms. The Morgan fingerprint density at radius 1 is 1.25 bits per heavy atom. The summed E-state index contributed by atoms with van der Waals surface area (Å²) in [5.41, 5.74) is 3.48. The van der Waals surface area contributed by atoms with E-state index in [-0.39, 0.29) is 30.1 Å². The highest BCUT2D eigenvalue weighted by molar-refractivity contribution is 6.09. The van der Waals surface area contributed by atoms with Crippen LogP contribution in [0.5, 0.6) is 5.75 Å². The quantitative estimate of drug-likeness (QED) is 0.663. The van der Waals surface area contributed by atoms with Crippen molar-refractivity contribution in [1.82, 2.24) is 14.8 Å². The van der Waals surface area contributed by atoms with Crippen LogP contribution in [0.2, 0.25) is 0 Å². The SMILES string of the molecule is COc1ccc(N2CC(C)n3ncc(-c4ccnc(C)c4)c3C2=O)cc1F.Cl. The van der Waals surface area contributed by atoms with Crippen LogP contribution in [0.25, 0.3) is 11.1 Å². The van der Waals surface area contributed by atoms with Crippen LogP contribution in [0.1, 0.15) is 29.1 Å². The number of hydrogen-bond acceptors (Lipinski definition) is 4. The van der Waals surface area contributed by atoms with Crippen LogP contribution in [0, 0.1) is 12.7 Å². The topological polar surface area (TPSA) is 60.2 Å². The number of fused-ring (bicyclic) bond motifs is 1. The fourth-order valence-corrected chi connectivity index (χ4v) is 3.43. The van der Waals surface area contributed by atoms with Crippen LogP contribution in [0.15, 0.2) is 42.7 Å². The van der Waals surface area contributed by atoms with Gasteiger partial charge in [0.15, 0.2) is 11.6 Å². The monoisotopic (exact) mass is 402 g/mol. The van der Waals surface area contributed by atoms with Gasteiger partial charge in [0, 0.05) is 35.8 Å². The van der Waals surface area contributed by atoms with Gasteiger partial charge in [-0.05, 0) is 43.7 Å². The summed E-state index contributed by atoms with van der Waals surface area (Å²) in [5, 5.41) is 4.42. The largest absolute Gasteiger partial charge is 0.494 e. The Morgan fingerprint density at radius 3 is 2.71 bits per heavy atom. The van der Waals surface area contributed by atoms with Gasteiger partial charge in [-0.3, -0.25) is 14.5 Å². The zero-order chi connectivity index (χ0) is 19.1. The molecule has 0 N–H and O–H groups in total. The molecule has 6 nitrogen and oxygen atoms in total. The predicted molar refractivity (Wildman–Crippen MR) is 107 cm³/mol. The van der Waals surface area contributed by atoms with Crippen LogP contribution < -0.4 is 9.64 Å². The predicted octanol–water partition coefficient (Wildman–Crippen LogP) is 4.04. The molecule has 3 heterocycles. The van der Waals surface area contributed by atoms with Gasteiger partial charge < -0.3 is 9.64 Å². The third-order valence-corrected chi connectivity index (χ3v) is 4.76. The Labute approximate surface area is 168 Å². The lowest BCUT2D eigenvalue weighted by molar-refractivity contribution is 0.0954. The Hall–Kier alpha value is -2.93. The van der Waals surface area contributed by atoms with Crippen molar-refractivity contribution >= 4 is 24.0 Å². The number of aromatic nitrogens is 3. The van der Waals surface area contributed by atoms with E-state index in [0.29, 0.717) is 17.9 Å². The number of carbonyl (C=O) groups is 1. The molecule has 2 aromatic heterocycles. The number of nitrogens with zero attached hydrogens (tertiary/aromatic N) is 4. The molecule has 8 heteroatoms. The number of methoxy groups -OCH3 is 1. The standard InChI is InChI=1S/C20H19FN4O2.ClH/c1-12-8-14(6-7-22-12)16-10-23-25-13(2)11-24(20(26)19(16)25)15-4-5-18(27-3)17(21)9-15;/h4-10,13H,11H2,1-3H3;1H. The molecule has 0 radical (unpaired) electrons. The summed E-state index contributed by atoms with van der Waals surface area (Å²) in [6.07, 6.45) is 3.42. The number of rotatable bonds is 3. The molecule has 1 aliphatic rings. The first kappa shape index (κ1) is 19.8. The van der Waals surface area contributed by atoms with E-state index in [1.54, 1.807) is 28.0 Å². The molecule has 4 rings (SSSR count). The molecule has 0 bridgehead atoms. The summed E-state index contributed by atoms with van der Waals surface area (Å²) in [4.78, 5) is 19.1. The lowest BCUT2D eigenvalue weighted by Crippen LogP contribution is -2.42. The number of benzene rings is 1. The Balaban J connectivity index is 0.00000225. The summed E-state index contributed by atoms with van der Waals surface area (Å²) in [7, 11) is 1.41. The smallest absolute Gasteiger partial charge is 0.277 e. The number of pyridine rings is 1. The van der Waals surface area contributed by atoms with Gasteiger partial charge in [0.1, 0.15) is 5.69 Å². The number of hydrogen-bond donors (Lipinski definition) is 0. The van der Waals surface area contributed by atoms with Crippen LogP contribution in [0.4, 0.5) is 10.1 Å². The van der Waals surface area contributed by atoms with Gasteiger partial charge in [-0.15, -0.1) is 12.4 Å². The summed E-state index contributed by atoms with van der Waals surface area (Å²) in [6.45, 7) is 4.29. The van der Waals surface area contributed by atoms with Gasteiger partial charge in [0.2, 0.25) is 0 Å². The molecule has 1 aromatic carbocycles. The summed E-state index contributed by atoms with van der Waals surface area (Å²) < 4.78 is 20.9. The van der Waals surface area contributed by atoms with Crippen molar-refractivity contribution in [3.8, 4) is 16.9 Å². The van der Waals surface area contributed by atoms with Gasteiger partial charge in [0.25, 0.3) is 5.91 Å². The number of halogens is 2. The fraction of sp³-hybridized carbons (Fsp3) is 0.250. The molecular weight excluding hydrogens is 383 g/mol. The van der Waals surface area contributed by atoms with E-state index in [1.807, 2.05) is 26.0 Å². The molecule has 0 saturated carbocycles. The summed E-state index contributed by atoms with van der Waals surface area (Å²) >= 11 is 0. The molecule has 0 saturated heterocycles. The average molecular weight is 403 g/mol. The van der Waals surface area contributed by atoms with E-state index in [2.05, 4.69) is 10.1 Å². The number of ether oxygens (including phenoxy) is 1. The third kappa shape index (κ3) is 3.22. The van der Waals surface area contributed by atoms with Gasteiger partial charge in [0.05, 0.1) is 19.3 Å². The van der Waals surface area contributed by atoms with E-state index in [1.165, 1.54) is 19.2 Å². The maximum atomic E-state index is 14.2. The lowest BCUT2D eigenvalue weighted by atomic mass is 10.0. The number of carbonyl (C=O) groups excluding carboxylic acids is 1. The number of anilines is 1. The maximum Gasteiger partial charge on any atom is 0.277 e. The summed E-state index contributed by atoms with van der Waals surface area (Å²) in [6, 6.07) is 8.28. The number of aryl methyl sites for hydroxylation is 1. The highest BCUT2D eigenvalue weighted by Crippen LogP contribution is 2.33. The zero-order valence-electron chi connectivity index (χ0n) is 15.7. The van der Waals surface area contributed by atoms with Crippen molar-refractivity contribution in [3.05, 3.63) is 59.9 Å². The second-order valence-electron chi connectivity index (χ2n) is 6.62. The van der Waals surface area contributed by atoms with Gasteiger partial charge in [-0.25, -0.2) is 4.39 Å². The lowest BCUT2D eigenvalue weighted by Gasteiger charge is -2.32. The van der Waals surface area contributed by atoms with Gasteiger partial charge >= 0.3 is 0 Å². The Morgan fingerprint density at radius 2 is 2.04 bits per heavy atom. The Bertz CT molecular complexity index is 1040. The van der Waals surface area contributed by atoms with Crippen molar-refractivity contribution in [1.29, 1.82) is 0 Å². The molecule has 1 atom stereocenters. The average Bonchev–Trinajstić information content (AvgIpc) is 3.11.